The van der Waals surface area contributed by atoms with E-state index in [2.05, 4.69) is 0 Å². The molecule has 7 nitrogen and oxygen atoms in total. The number of sulfone groups is 1. The predicted octanol–water partition coefficient (Wildman–Crippen LogP) is 3.35. The summed E-state index contributed by atoms with van der Waals surface area (Å²) < 4.78 is 40.5. The zero-order chi connectivity index (χ0) is 21.0. The second-order valence-electron chi connectivity index (χ2n) is 6.08. The van der Waals surface area contributed by atoms with Crippen LogP contribution in [0.3, 0.4) is 0 Å². The Morgan fingerprint density at radius 2 is 1.72 bits per heavy atom. The molecular weight excluding hydrogens is 443 g/mol. The normalized spacial score (nSPS) is 13.0. The largest absolute Gasteiger partial charge is 0.486 e. The van der Waals surface area contributed by atoms with E-state index in [1.165, 1.54) is 36.4 Å². The number of ether oxygens (including phenoxy) is 3. The molecule has 0 aliphatic carbocycles. The first-order valence-corrected chi connectivity index (χ1v) is 10.9. The number of halogens is 2. The molecule has 0 aromatic heterocycles. The summed E-state index contributed by atoms with van der Waals surface area (Å²) in [6, 6.07) is 8.57. The Labute approximate surface area is 177 Å². The summed E-state index contributed by atoms with van der Waals surface area (Å²) in [4.78, 5) is 24.0. The maximum atomic E-state index is 12.5. The van der Waals surface area contributed by atoms with Gasteiger partial charge >= 0.3 is 5.97 Å². The summed E-state index contributed by atoms with van der Waals surface area (Å²) in [6.45, 7) is 0.170. The molecule has 29 heavy (non-hydrogen) atoms. The molecule has 1 aliphatic heterocycles. The van der Waals surface area contributed by atoms with Crippen molar-refractivity contribution in [1.82, 2.24) is 0 Å². The fourth-order valence-corrected chi connectivity index (χ4v) is 4.31. The molecule has 0 atom stereocenters. The number of ketones is 1. The first-order valence-electron chi connectivity index (χ1n) is 8.52. The van der Waals surface area contributed by atoms with Gasteiger partial charge in [-0.05, 0) is 30.3 Å². The molecule has 0 unspecified atom stereocenters. The van der Waals surface area contributed by atoms with Crippen molar-refractivity contribution in [3.05, 3.63) is 52.0 Å². The van der Waals surface area contributed by atoms with Crippen LogP contribution in [0.4, 0.5) is 0 Å². The van der Waals surface area contributed by atoms with E-state index in [0.717, 1.165) is 0 Å². The van der Waals surface area contributed by atoms with Crippen LogP contribution in [0.15, 0.2) is 41.3 Å². The Kier molecular flexibility index (Phi) is 6.66. The van der Waals surface area contributed by atoms with Crippen LogP contribution in [0.2, 0.25) is 10.0 Å². The van der Waals surface area contributed by atoms with Crippen LogP contribution in [-0.4, -0.2) is 45.7 Å². The van der Waals surface area contributed by atoms with Gasteiger partial charge in [0.1, 0.15) is 13.2 Å². The average Bonchev–Trinajstić information content (AvgIpc) is 2.70. The van der Waals surface area contributed by atoms with E-state index < -0.39 is 40.4 Å². The molecule has 0 N–H and O–H groups in total. The fraction of sp³-hybridized carbons (Fsp3) is 0.263. The number of fused-ring (bicyclic) bond motifs is 1. The van der Waals surface area contributed by atoms with Crippen molar-refractivity contribution in [2.24, 2.45) is 0 Å². The van der Waals surface area contributed by atoms with Gasteiger partial charge in [0.15, 0.2) is 27.9 Å². The van der Waals surface area contributed by atoms with Gasteiger partial charge in [-0.2, -0.15) is 0 Å². The summed E-state index contributed by atoms with van der Waals surface area (Å²) in [5.41, 5.74) is 0.160. The minimum Gasteiger partial charge on any atom is -0.486 e. The summed E-state index contributed by atoms with van der Waals surface area (Å²) >= 11 is 11.7. The summed E-state index contributed by atoms with van der Waals surface area (Å²) in [6.07, 6.45) is -0.404. The second-order valence-corrected chi connectivity index (χ2v) is 9.04. The standard InChI is InChI=1S/C19H16Cl2O7S/c20-12-1-3-14(15(21)9-12)16(22)11-28-19(23)5-8-29(24,25)13-2-4-17-18(10-13)27-7-6-26-17/h1-4,9-10H,5-8,11H2. The number of carbonyl (C=O) groups is 2. The molecule has 0 spiro atoms. The first-order chi connectivity index (χ1) is 13.8. The van der Waals surface area contributed by atoms with Crippen molar-refractivity contribution in [3.63, 3.8) is 0 Å². The van der Waals surface area contributed by atoms with Crippen molar-refractivity contribution in [1.29, 1.82) is 0 Å². The Hall–Kier alpha value is -2.29. The van der Waals surface area contributed by atoms with Crippen molar-refractivity contribution in [2.75, 3.05) is 25.6 Å². The number of rotatable bonds is 7. The molecule has 10 heteroatoms. The summed E-state index contributed by atoms with van der Waals surface area (Å²) in [5.74, 6) is -1.000. The molecule has 154 valence electrons. The second kappa shape index (κ2) is 9.02. The molecule has 1 heterocycles. The van der Waals surface area contributed by atoms with Gasteiger partial charge in [0.2, 0.25) is 5.78 Å². The van der Waals surface area contributed by atoms with Gasteiger partial charge in [-0.25, -0.2) is 8.42 Å². The van der Waals surface area contributed by atoms with Crippen molar-refractivity contribution in [2.45, 2.75) is 11.3 Å². The number of carbonyl (C=O) groups excluding carboxylic acids is 2. The molecule has 0 saturated heterocycles. The van der Waals surface area contributed by atoms with Crippen molar-refractivity contribution in [3.8, 4) is 11.5 Å². The molecule has 0 fully saturated rings. The quantitative estimate of drug-likeness (QED) is 0.463. The lowest BCUT2D eigenvalue weighted by Crippen LogP contribution is -2.18. The maximum absolute atomic E-state index is 12.5. The molecule has 0 saturated carbocycles. The SMILES string of the molecule is O=C(CCS(=O)(=O)c1ccc2c(c1)OCCO2)OCC(=O)c1ccc(Cl)cc1Cl. The lowest BCUT2D eigenvalue weighted by atomic mass is 10.1. The number of hydrogen-bond acceptors (Lipinski definition) is 7. The van der Waals surface area contributed by atoms with E-state index in [1.54, 1.807) is 0 Å². The zero-order valence-corrected chi connectivity index (χ0v) is 17.3. The highest BCUT2D eigenvalue weighted by molar-refractivity contribution is 7.91. The van der Waals surface area contributed by atoms with Crippen LogP contribution in [0.25, 0.3) is 0 Å². The van der Waals surface area contributed by atoms with Gasteiger partial charge in [0.25, 0.3) is 0 Å². The van der Waals surface area contributed by atoms with E-state index in [1.807, 2.05) is 0 Å². The number of benzene rings is 2. The Balaban J connectivity index is 1.55. The molecule has 3 rings (SSSR count). The van der Waals surface area contributed by atoms with Crippen LogP contribution in [0, 0.1) is 0 Å². The predicted molar refractivity (Wildman–Crippen MR) is 106 cm³/mol. The highest BCUT2D eigenvalue weighted by Gasteiger charge is 2.21. The van der Waals surface area contributed by atoms with Crippen molar-refractivity contribution < 1.29 is 32.2 Å². The minimum atomic E-state index is -3.75. The van der Waals surface area contributed by atoms with E-state index in [0.29, 0.717) is 29.7 Å². The fourth-order valence-electron chi connectivity index (χ4n) is 2.56. The molecule has 0 amide bonds. The van der Waals surface area contributed by atoms with Crippen LogP contribution >= 0.6 is 23.2 Å². The van der Waals surface area contributed by atoms with Crippen molar-refractivity contribution >= 4 is 44.8 Å². The maximum Gasteiger partial charge on any atom is 0.307 e. The van der Waals surface area contributed by atoms with E-state index in [4.69, 9.17) is 37.4 Å². The minimum absolute atomic E-state index is 0.0126. The van der Waals surface area contributed by atoms with Crippen LogP contribution in [0.1, 0.15) is 16.8 Å². The molecule has 1 aliphatic rings. The van der Waals surface area contributed by atoms with Gasteiger partial charge in [0, 0.05) is 16.7 Å². The third kappa shape index (κ3) is 5.41. The highest BCUT2D eigenvalue weighted by atomic mass is 35.5. The molecular formula is C19H16Cl2O7S. The topological polar surface area (TPSA) is 96.0 Å². The monoisotopic (exact) mass is 458 g/mol. The number of hydrogen-bond donors (Lipinski definition) is 0. The third-order valence-corrected chi connectivity index (χ3v) is 6.31. The van der Waals surface area contributed by atoms with Crippen LogP contribution in [0.5, 0.6) is 11.5 Å². The summed E-state index contributed by atoms with van der Waals surface area (Å²) in [5, 5.41) is 0.507. The molecule has 0 bridgehead atoms. The van der Waals surface area contributed by atoms with E-state index in [-0.39, 0.29) is 15.5 Å². The van der Waals surface area contributed by atoms with Gasteiger partial charge in [-0.3, -0.25) is 9.59 Å². The van der Waals surface area contributed by atoms with Gasteiger partial charge in [-0.15, -0.1) is 0 Å². The highest BCUT2D eigenvalue weighted by Crippen LogP contribution is 2.32. The molecule has 0 radical (unpaired) electrons. The van der Waals surface area contributed by atoms with E-state index >= 15 is 0 Å². The Morgan fingerprint density at radius 3 is 2.45 bits per heavy atom. The van der Waals surface area contributed by atoms with Crippen LogP contribution in [-0.2, 0) is 19.4 Å². The lowest BCUT2D eigenvalue weighted by molar-refractivity contribution is -0.142. The molecule has 2 aromatic rings. The van der Waals surface area contributed by atoms with Gasteiger partial charge in [0.05, 0.1) is 22.1 Å². The van der Waals surface area contributed by atoms with E-state index in [9.17, 15) is 18.0 Å². The average molecular weight is 459 g/mol. The Bertz CT molecular complexity index is 1050. The zero-order valence-electron chi connectivity index (χ0n) is 15.0. The van der Waals surface area contributed by atoms with Gasteiger partial charge in [-0.1, -0.05) is 23.2 Å². The van der Waals surface area contributed by atoms with Crippen LogP contribution < -0.4 is 9.47 Å². The van der Waals surface area contributed by atoms with Gasteiger partial charge < -0.3 is 14.2 Å². The first kappa shape index (κ1) is 21.4. The number of esters is 1. The lowest BCUT2D eigenvalue weighted by Gasteiger charge is -2.18. The summed E-state index contributed by atoms with van der Waals surface area (Å²) in [7, 11) is -3.75. The third-order valence-electron chi connectivity index (χ3n) is 4.04. The smallest absolute Gasteiger partial charge is 0.307 e. The molecule has 2 aromatic carbocycles. The Morgan fingerprint density at radius 1 is 1.00 bits per heavy atom. The number of Topliss-reactive ketones (excluding diaryl/α,β-unsaturated/α-hetero) is 1.